The Balaban J connectivity index is 2.46. The molecule has 0 aromatic rings. The summed E-state index contributed by atoms with van der Waals surface area (Å²) in [5.41, 5.74) is 0. The lowest BCUT2D eigenvalue weighted by Crippen LogP contribution is -2.49. The van der Waals surface area contributed by atoms with Gasteiger partial charge in [0.05, 0.1) is 6.54 Å². The second-order valence-electron chi connectivity index (χ2n) is 7.27. The monoisotopic (exact) mass is 328 g/mol. The summed E-state index contributed by atoms with van der Waals surface area (Å²) >= 11 is 1.87. The molecule has 130 valence electrons. The van der Waals surface area contributed by atoms with Gasteiger partial charge < -0.3 is 15.5 Å². The third kappa shape index (κ3) is 7.73. The fraction of sp³-hybridized carbons (Fsp3) is 0.941. The molecule has 0 radical (unpaired) electrons. The molecule has 5 heteroatoms. The summed E-state index contributed by atoms with van der Waals surface area (Å²) in [5.74, 6) is 1.74. The predicted molar refractivity (Wildman–Crippen MR) is 101 cm³/mol. The SMILES string of the molecule is CCNC(=NCC(C)(C)SC)NC1CCN(CC(C)C)CC1. The Labute approximate surface area is 141 Å². The molecular formula is C17H36N4S. The van der Waals surface area contributed by atoms with E-state index in [1.807, 2.05) is 11.8 Å². The second kappa shape index (κ2) is 9.66. The van der Waals surface area contributed by atoms with E-state index in [1.165, 1.54) is 32.5 Å². The lowest BCUT2D eigenvalue weighted by molar-refractivity contribution is 0.187. The van der Waals surface area contributed by atoms with Crippen LogP contribution in [0.15, 0.2) is 4.99 Å². The summed E-state index contributed by atoms with van der Waals surface area (Å²) in [7, 11) is 0. The van der Waals surface area contributed by atoms with Crippen LogP contribution in [0.3, 0.4) is 0 Å². The molecule has 2 N–H and O–H groups in total. The first kappa shape index (κ1) is 19.6. The first-order chi connectivity index (χ1) is 10.4. The van der Waals surface area contributed by atoms with Gasteiger partial charge in [-0.1, -0.05) is 13.8 Å². The van der Waals surface area contributed by atoms with Crippen LogP contribution in [0.25, 0.3) is 0 Å². The van der Waals surface area contributed by atoms with Crippen molar-refractivity contribution in [3.63, 3.8) is 0 Å². The molecule has 0 atom stereocenters. The van der Waals surface area contributed by atoms with Crippen molar-refractivity contribution in [2.24, 2.45) is 10.9 Å². The van der Waals surface area contributed by atoms with Crippen molar-refractivity contribution in [2.75, 3.05) is 39.0 Å². The van der Waals surface area contributed by atoms with Crippen molar-refractivity contribution in [2.45, 2.75) is 58.2 Å². The number of nitrogens with zero attached hydrogens (tertiary/aromatic N) is 2. The van der Waals surface area contributed by atoms with Crippen LogP contribution in [0, 0.1) is 5.92 Å². The molecule has 22 heavy (non-hydrogen) atoms. The molecule has 0 bridgehead atoms. The fourth-order valence-electron chi connectivity index (χ4n) is 2.62. The van der Waals surface area contributed by atoms with Gasteiger partial charge >= 0.3 is 0 Å². The highest BCUT2D eigenvalue weighted by Gasteiger charge is 2.21. The number of piperidine rings is 1. The van der Waals surface area contributed by atoms with Crippen LogP contribution in [0.4, 0.5) is 0 Å². The van der Waals surface area contributed by atoms with Crippen molar-refractivity contribution < 1.29 is 0 Å². The van der Waals surface area contributed by atoms with Crippen LogP contribution in [0.5, 0.6) is 0 Å². The Morgan fingerprint density at radius 3 is 2.45 bits per heavy atom. The summed E-state index contributed by atoms with van der Waals surface area (Å²) in [4.78, 5) is 7.36. The fourth-order valence-corrected chi connectivity index (χ4v) is 2.82. The highest BCUT2D eigenvalue weighted by molar-refractivity contribution is 7.99. The van der Waals surface area contributed by atoms with E-state index in [9.17, 15) is 0 Å². The number of guanidine groups is 1. The number of rotatable bonds is 7. The molecule has 1 aliphatic rings. The molecule has 1 rings (SSSR count). The maximum atomic E-state index is 4.78. The molecule has 4 nitrogen and oxygen atoms in total. The average Bonchev–Trinajstić information content (AvgIpc) is 2.46. The maximum Gasteiger partial charge on any atom is 0.191 e. The van der Waals surface area contributed by atoms with E-state index in [0.717, 1.165) is 25.0 Å². The van der Waals surface area contributed by atoms with E-state index in [4.69, 9.17) is 4.99 Å². The first-order valence-corrected chi connectivity index (χ1v) is 9.91. The topological polar surface area (TPSA) is 39.7 Å². The standard InChI is InChI=1S/C17H36N4S/c1-7-18-16(19-13-17(4,5)22-6)20-15-8-10-21(11-9-15)12-14(2)3/h14-15H,7-13H2,1-6H3,(H2,18,19,20). The molecule has 0 aliphatic carbocycles. The van der Waals surface area contributed by atoms with Crippen LogP contribution < -0.4 is 10.6 Å². The van der Waals surface area contributed by atoms with Crippen molar-refractivity contribution in [3.8, 4) is 0 Å². The summed E-state index contributed by atoms with van der Waals surface area (Å²) in [6.45, 7) is 16.6. The minimum Gasteiger partial charge on any atom is -0.357 e. The molecule has 0 unspecified atom stereocenters. The molecule has 0 saturated carbocycles. The zero-order chi connectivity index (χ0) is 16.6. The van der Waals surface area contributed by atoms with E-state index in [-0.39, 0.29) is 4.75 Å². The Morgan fingerprint density at radius 2 is 1.95 bits per heavy atom. The van der Waals surface area contributed by atoms with E-state index < -0.39 is 0 Å². The Morgan fingerprint density at radius 1 is 1.32 bits per heavy atom. The van der Waals surface area contributed by atoms with E-state index in [2.05, 4.69) is 56.4 Å². The highest BCUT2D eigenvalue weighted by atomic mass is 32.2. The van der Waals surface area contributed by atoms with Gasteiger partial charge in [-0.2, -0.15) is 11.8 Å². The molecular weight excluding hydrogens is 292 g/mol. The Kier molecular flexibility index (Phi) is 8.62. The van der Waals surface area contributed by atoms with Crippen molar-refractivity contribution in [3.05, 3.63) is 0 Å². The minimum atomic E-state index is 0.197. The van der Waals surface area contributed by atoms with Gasteiger partial charge in [0.15, 0.2) is 5.96 Å². The van der Waals surface area contributed by atoms with Gasteiger partial charge in [0, 0.05) is 37.0 Å². The largest absolute Gasteiger partial charge is 0.357 e. The smallest absolute Gasteiger partial charge is 0.191 e. The number of hydrogen-bond acceptors (Lipinski definition) is 3. The van der Waals surface area contributed by atoms with Gasteiger partial charge in [-0.15, -0.1) is 0 Å². The molecule has 0 amide bonds. The van der Waals surface area contributed by atoms with Gasteiger partial charge in [-0.3, -0.25) is 4.99 Å². The Bertz CT molecular complexity index is 334. The zero-order valence-electron chi connectivity index (χ0n) is 15.4. The first-order valence-electron chi connectivity index (χ1n) is 8.68. The average molecular weight is 329 g/mol. The summed E-state index contributed by atoms with van der Waals surface area (Å²) in [5, 5.41) is 7.02. The molecule has 1 heterocycles. The lowest BCUT2D eigenvalue weighted by Gasteiger charge is -2.34. The van der Waals surface area contributed by atoms with Gasteiger partial charge in [-0.25, -0.2) is 0 Å². The summed E-state index contributed by atoms with van der Waals surface area (Å²) in [6, 6.07) is 0.554. The van der Waals surface area contributed by atoms with E-state index >= 15 is 0 Å². The van der Waals surface area contributed by atoms with Gasteiger partial charge in [0.2, 0.25) is 0 Å². The maximum absolute atomic E-state index is 4.78. The predicted octanol–water partition coefficient (Wildman–Crippen LogP) is 2.80. The van der Waals surface area contributed by atoms with Gasteiger partial charge in [0.1, 0.15) is 0 Å². The highest BCUT2D eigenvalue weighted by Crippen LogP contribution is 2.21. The van der Waals surface area contributed by atoms with Gasteiger partial charge in [-0.05, 0) is 45.8 Å². The normalized spacial score (nSPS) is 18.8. The summed E-state index contributed by atoms with van der Waals surface area (Å²) in [6.07, 6.45) is 4.58. The quantitative estimate of drug-likeness (QED) is 0.557. The molecule has 0 spiro atoms. The van der Waals surface area contributed by atoms with Crippen LogP contribution >= 0.6 is 11.8 Å². The summed E-state index contributed by atoms with van der Waals surface area (Å²) < 4.78 is 0.197. The lowest BCUT2D eigenvalue weighted by atomic mass is 10.0. The van der Waals surface area contributed by atoms with Gasteiger partial charge in [0.25, 0.3) is 0 Å². The minimum absolute atomic E-state index is 0.197. The Hall–Kier alpha value is -0.420. The second-order valence-corrected chi connectivity index (χ2v) is 8.79. The van der Waals surface area contributed by atoms with Crippen LogP contribution in [0.1, 0.15) is 47.5 Å². The van der Waals surface area contributed by atoms with Crippen LogP contribution in [-0.2, 0) is 0 Å². The third-order valence-corrected chi connectivity index (χ3v) is 5.30. The molecule has 0 aromatic heterocycles. The molecule has 0 aromatic carbocycles. The van der Waals surface area contributed by atoms with Crippen LogP contribution in [-0.4, -0.2) is 60.6 Å². The number of nitrogens with one attached hydrogen (secondary N) is 2. The number of hydrogen-bond donors (Lipinski definition) is 2. The third-order valence-electron chi connectivity index (χ3n) is 4.07. The molecule has 1 saturated heterocycles. The number of thioether (sulfide) groups is 1. The van der Waals surface area contributed by atoms with E-state index in [1.54, 1.807) is 0 Å². The molecule has 1 aliphatic heterocycles. The van der Waals surface area contributed by atoms with Crippen molar-refractivity contribution in [1.29, 1.82) is 0 Å². The molecule has 1 fully saturated rings. The van der Waals surface area contributed by atoms with Crippen molar-refractivity contribution in [1.82, 2.24) is 15.5 Å². The zero-order valence-corrected chi connectivity index (χ0v) is 16.2. The number of likely N-dealkylation sites (tertiary alicyclic amines) is 1. The van der Waals surface area contributed by atoms with Crippen LogP contribution in [0.2, 0.25) is 0 Å². The van der Waals surface area contributed by atoms with E-state index in [0.29, 0.717) is 6.04 Å². The van der Waals surface area contributed by atoms with Crippen molar-refractivity contribution >= 4 is 17.7 Å². The number of aliphatic imine (C=N–C) groups is 1.